The van der Waals surface area contributed by atoms with Gasteiger partial charge in [-0.3, -0.25) is 14.4 Å². The van der Waals surface area contributed by atoms with Crippen LogP contribution in [0.4, 0.5) is 0 Å². The zero-order valence-corrected chi connectivity index (χ0v) is 31.3. The van der Waals surface area contributed by atoms with Crippen molar-refractivity contribution in [3.63, 3.8) is 0 Å². The number of ether oxygens (including phenoxy) is 1. The second-order valence-electron chi connectivity index (χ2n) is 8.84. The van der Waals surface area contributed by atoms with E-state index >= 15 is 0 Å². The van der Waals surface area contributed by atoms with Crippen LogP contribution in [0.2, 0.25) is 0 Å². The first-order valence-electron chi connectivity index (χ1n) is 12.3. The van der Waals surface area contributed by atoms with Crippen LogP contribution >= 0.6 is 79.4 Å². The number of Topliss-reactive ketones (excluding diaryl/α,β-unsaturated/α-hetero) is 1. The molecule has 0 aliphatic rings. The minimum absolute atomic E-state index is 0. The van der Waals surface area contributed by atoms with Gasteiger partial charge in [0, 0.05) is 29.2 Å². The number of amides is 1. The van der Waals surface area contributed by atoms with Crippen molar-refractivity contribution in [1.29, 1.82) is 0 Å². The number of carbonyl (C=O) groups excluding carboxylic acids is 2. The first-order valence-corrected chi connectivity index (χ1v) is 16.0. The van der Waals surface area contributed by atoms with Crippen LogP contribution in [-0.4, -0.2) is 40.9 Å². The fourth-order valence-electron chi connectivity index (χ4n) is 3.75. The third kappa shape index (κ3) is 12.3. The van der Waals surface area contributed by atoms with Crippen LogP contribution in [0.1, 0.15) is 61.9 Å². The number of nitrogens with two attached hydrogens (primary N) is 1. The van der Waals surface area contributed by atoms with Crippen LogP contribution in [0.25, 0.3) is 0 Å². The van der Waals surface area contributed by atoms with Crippen molar-refractivity contribution in [3.8, 4) is 0 Å². The Morgan fingerprint density at radius 2 is 1.77 bits per heavy atom. The number of unbranched alkanes of at least 4 members (excludes halogenated alkanes) is 2. The van der Waals surface area contributed by atoms with Crippen LogP contribution < -0.4 is 40.6 Å². The number of hydrogen-bond acceptors (Lipinski definition) is 5. The number of carboxylic acid groups (broad SMARTS) is 1. The molecule has 0 heterocycles. The summed E-state index contributed by atoms with van der Waals surface area (Å²) < 4.78 is 8.21. The van der Waals surface area contributed by atoms with E-state index in [0.717, 1.165) is 28.3 Å². The molecule has 7 nitrogen and oxygen atoms in total. The normalized spacial score (nSPS) is 13.2. The number of alkyl halides is 1. The van der Waals surface area contributed by atoms with E-state index in [9.17, 15) is 19.5 Å². The van der Waals surface area contributed by atoms with Gasteiger partial charge in [0.25, 0.3) is 0 Å². The third-order valence-corrected chi connectivity index (χ3v) is 9.49. The van der Waals surface area contributed by atoms with Gasteiger partial charge in [-0.1, -0.05) is 43.7 Å². The molecule has 0 bridgehead atoms. The first-order chi connectivity index (χ1) is 18.1. The Kier molecular flexibility index (Phi) is 18.8. The maximum absolute atomic E-state index is 13.1. The Balaban J connectivity index is 0.00000760. The van der Waals surface area contributed by atoms with Crippen molar-refractivity contribution in [1.82, 2.24) is 5.32 Å². The van der Waals surface area contributed by atoms with E-state index in [2.05, 4.69) is 73.1 Å². The molecule has 2 rings (SSSR count). The maximum Gasteiger partial charge on any atom is 1.00 e. The summed E-state index contributed by atoms with van der Waals surface area (Å²) in [5.41, 5.74) is 8.45. The standard InChI is InChI=1S/C27H32ClI3N2O5.Na.H/c1-2-17(27(36)37)13-18-19(29)14-20(30)22(24(18)31)21(34)11-7-4-8-12-33-26(35)23(28)25(32)38-15-16-9-5-3-6-10-16;;/h3,5-6,9-10,14,17,23,25H,2,4,7-8,11-13,15,32H2,1H3,(H,33,35)(H,36,37);;/q;+1;-1. The molecule has 0 aliphatic heterocycles. The number of benzene rings is 2. The molecule has 0 radical (unpaired) electrons. The van der Waals surface area contributed by atoms with Crippen molar-refractivity contribution in [2.45, 2.75) is 63.7 Å². The van der Waals surface area contributed by atoms with Gasteiger partial charge in [-0.25, -0.2) is 0 Å². The minimum Gasteiger partial charge on any atom is -1.00 e. The number of halogens is 4. The van der Waals surface area contributed by atoms with Gasteiger partial charge in [0.2, 0.25) is 5.91 Å². The summed E-state index contributed by atoms with van der Waals surface area (Å²) in [6.07, 6.45) is 2.53. The van der Waals surface area contributed by atoms with Crippen molar-refractivity contribution in [2.24, 2.45) is 11.7 Å². The van der Waals surface area contributed by atoms with Crippen LogP contribution in [0.5, 0.6) is 0 Å². The molecule has 0 aromatic heterocycles. The number of carbonyl (C=O) groups is 3. The zero-order valence-electron chi connectivity index (χ0n) is 23.0. The van der Waals surface area contributed by atoms with Gasteiger partial charge in [-0.15, -0.1) is 11.6 Å². The van der Waals surface area contributed by atoms with Crippen LogP contribution in [0.3, 0.4) is 0 Å². The third-order valence-electron chi connectivity index (χ3n) is 6.04. The molecule has 4 N–H and O–H groups in total. The summed E-state index contributed by atoms with van der Waals surface area (Å²) in [5, 5.41) is 11.2. The number of aliphatic carboxylic acids is 1. The molecule has 210 valence electrons. The summed E-state index contributed by atoms with van der Waals surface area (Å²) >= 11 is 12.7. The SMILES string of the molecule is CCC(Cc1c(I)cc(I)c(C(=O)CCCCCNC(=O)C(Cl)C(N)OCc2ccccc2)c1I)C(=O)O.[H-].[Na+]. The quantitative estimate of drug-likeness (QED) is 0.0596. The van der Waals surface area contributed by atoms with E-state index in [0.29, 0.717) is 44.2 Å². The fourth-order valence-corrected chi connectivity index (χ4v) is 8.31. The Hall–Kier alpha value is 0.450. The monoisotopic (exact) mass is 904 g/mol. The second-order valence-corrected chi connectivity index (χ2v) is 12.7. The van der Waals surface area contributed by atoms with E-state index in [-0.39, 0.29) is 49.3 Å². The second kappa shape index (κ2) is 19.6. The van der Waals surface area contributed by atoms with Gasteiger partial charge in [-0.2, -0.15) is 0 Å². The Bertz CT molecular complexity index is 1120. The summed E-state index contributed by atoms with van der Waals surface area (Å²) in [4.78, 5) is 36.9. The van der Waals surface area contributed by atoms with Gasteiger partial charge in [-0.05, 0) is 111 Å². The Morgan fingerprint density at radius 3 is 2.38 bits per heavy atom. The molecule has 3 atom stereocenters. The van der Waals surface area contributed by atoms with E-state index in [4.69, 9.17) is 22.1 Å². The van der Waals surface area contributed by atoms with Crippen molar-refractivity contribution < 1.29 is 55.2 Å². The molecule has 12 heteroatoms. The number of nitrogens with one attached hydrogen (secondary N) is 1. The van der Waals surface area contributed by atoms with Crippen LogP contribution in [0, 0.1) is 16.6 Å². The van der Waals surface area contributed by atoms with E-state index in [1.165, 1.54) is 0 Å². The van der Waals surface area contributed by atoms with Gasteiger partial charge in [0.1, 0.15) is 6.23 Å². The molecular formula is C27H33ClI3N2NaO5. The molecule has 0 fully saturated rings. The largest absolute Gasteiger partial charge is 1.00 e. The number of ketones is 1. The molecule has 0 aliphatic carbocycles. The summed E-state index contributed by atoms with van der Waals surface area (Å²) in [6, 6.07) is 11.5. The molecular weight excluding hydrogens is 871 g/mol. The topological polar surface area (TPSA) is 119 Å². The van der Waals surface area contributed by atoms with E-state index < -0.39 is 23.5 Å². The van der Waals surface area contributed by atoms with Gasteiger partial charge in [0.05, 0.1) is 12.5 Å². The average Bonchev–Trinajstić information content (AvgIpc) is 2.88. The predicted molar refractivity (Wildman–Crippen MR) is 175 cm³/mol. The summed E-state index contributed by atoms with van der Waals surface area (Å²) in [6.45, 7) is 2.56. The molecule has 0 saturated carbocycles. The Labute approximate surface area is 299 Å². The molecule has 3 unspecified atom stereocenters. The molecule has 0 saturated heterocycles. The van der Waals surface area contributed by atoms with Crippen molar-refractivity contribution in [2.75, 3.05) is 6.54 Å². The first kappa shape index (κ1) is 37.5. The predicted octanol–water partition coefficient (Wildman–Crippen LogP) is 3.24. The fraction of sp³-hybridized carbons (Fsp3) is 0.444. The van der Waals surface area contributed by atoms with Crippen LogP contribution in [-0.2, 0) is 27.4 Å². The molecule has 2 aromatic carbocycles. The molecule has 39 heavy (non-hydrogen) atoms. The van der Waals surface area contributed by atoms with Crippen LogP contribution in [0.15, 0.2) is 36.4 Å². The number of carboxylic acids is 1. The van der Waals surface area contributed by atoms with Gasteiger partial charge in [0.15, 0.2) is 11.2 Å². The summed E-state index contributed by atoms with van der Waals surface area (Å²) in [5.74, 6) is -1.63. The summed E-state index contributed by atoms with van der Waals surface area (Å²) in [7, 11) is 0. The van der Waals surface area contributed by atoms with Gasteiger partial charge >= 0.3 is 35.5 Å². The number of hydrogen-bond donors (Lipinski definition) is 3. The smallest absolute Gasteiger partial charge is 1.00 e. The zero-order chi connectivity index (χ0) is 28.2. The van der Waals surface area contributed by atoms with Crippen molar-refractivity contribution >= 4 is 97.0 Å². The van der Waals surface area contributed by atoms with E-state index in [1.807, 2.05) is 43.3 Å². The molecule has 2 aromatic rings. The van der Waals surface area contributed by atoms with Crippen molar-refractivity contribution in [3.05, 3.63) is 63.8 Å². The molecule has 1 amide bonds. The number of rotatable bonds is 16. The minimum atomic E-state index is -1.01. The molecule has 0 spiro atoms. The Morgan fingerprint density at radius 1 is 1.10 bits per heavy atom. The van der Waals surface area contributed by atoms with E-state index in [1.54, 1.807) is 0 Å². The van der Waals surface area contributed by atoms with Gasteiger partial charge < -0.3 is 22.3 Å². The maximum atomic E-state index is 13.1. The average molecular weight is 905 g/mol.